The van der Waals surface area contributed by atoms with Gasteiger partial charge in [0.05, 0.1) is 0 Å². The summed E-state index contributed by atoms with van der Waals surface area (Å²) in [5.74, 6) is 0.310. The van der Waals surface area contributed by atoms with Crippen LogP contribution in [0, 0.1) is 13.8 Å². The number of fused-ring (bicyclic) bond motifs is 1. The standard InChI is InChI=1S/C17H13BrO2/c1-10-3-4-11(2)14(7-10)17(19)16-9-12-8-13(18)5-6-15(12)20-16/h3-9H,1-2H3. The van der Waals surface area contributed by atoms with Crippen LogP contribution in [0.1, 0.15) is 27.2 Å². The van der Waals surface area contributed by atoms with E-state index in [1.54, 1.807) is 6.07 Å². The molecule has 0 saturated carbocycles. The van der Waals surface area contributed by atoms with Crippen LogP contribution >= 0.6 is 15.9 Å². The Morgan fingerprint density at radius 3 is 2.65 bits per heavy atom. The van der Waals surface area contributed by atoms with Crippen LogP contribution in [0.5, 0.6) is 0 Å². The topological polar surface area (TPSA) is 30.2 Å². The molecule has 0 atom stereocenters. The van der Waals surface area contributed by atoms with E-state index in [0.717, 1.165) is 26.6 Å². The summed E-state index contributed by atoms with van der Waals surface area (Å²) in [6, 6.07) is 13.4. The molecule has 1 aromatic heterocycles. The van der Waals surface area contributed by atoms with Crippen molar-refractivity contribution in [1.82, 2.24) is 0 Å². The molecule has 0 bridgehead atoms. The SMILES string of the molecule is Cc1ccc(C)c(C(=O)c2cc3cc(Br)ccc3o2)c1. The van der Waals surface area contributed by atoms with Gasteiger partial charge in [0.15, 0.2) is 5.76 Å². The molecular formula is C17H13BrO2. The summed E-state index contributed by atoms with van der Waals surface area (Å²) in [7, 11) is 0. The third kappa shape index (κ3) is 2.29. The minimum absolute atomic E-state index is 0.0708. The molecule has 0 aliphatic rings. The fourth-order valence-corrected chi connectivity index (χ4v) is 2.62. The van der Waals surface area contributed by atoms with Crippen LogP contribution in [0.2, 0.25) is 0 Å². The number of halogens is 1. The van der Waals surface area contributed by atoms with Crippen molar-refractivity contribution in [3.63, 3.8) is 0 Å². The first-order valence-electron chi connectivity index (χ1n) is 6.35. The Kier molecular flexibility index (Phi) is 3.22. The normalized spacial score (nSPS) is 10.9. The van der Waals surface area contributed by atoms with Gasteiger partial charge in [0.1, 0.15) is 5.58 Å². The maximum absolute atomic E-state index is 12.6. The molecule has 0 aliphatic heterocycles. The number of ketones is 1. The van der Waals surface area contributed by atoms with Gasteiger partial charge in [-0.3, -0.25) is 4.79 Å². The zero-order valence-corrected chi connectivity index (χ0v) is 12.8. The highest BCUT2D eigenvalue weighted by atomic mass is 79.9. The van der Waals surface area contributed by atoms with E-state index >= 15 is 0 Å². The Morgan fingerprint density at radius 1 is 1.05 bits per heavy atom. The summed E-state index contributed by atoms with van der Waals surface area (Å²) in [5.41, 5.74) is 3.45. The van der Waals surface area contributed by atoms with Crippen molar-refractivity contribution in [3.05, 3.63) is 69.4 Å². The molecule has 3 rings (SSSR count). The van der Waals surface area contributed by atoms with Crippen molar-refractivity contribution in [2.75, 3.05) is 0 Å². The molecule has 0 N–H and O–H groups in total. The molecule has 1 heterocycles. The van der Waals surface area contributed by atoms with Gasteiger partial charge in [-0.25, -0.2) is 0 Å². The van der Waals surface area contributed by atoms with Gasteiger partial charge in [0, 0.05) is 15.4 Å². The van der Waals surface area contributed by atoms with Crippen LogP contribution < -0.4 is 0 Å². The summed E-state index contributed by atoms with van der Waals surface area (Å²) in [6.07, 6.45) is 0. The van der Waals surface area contributed by atoms with Crippen LogP contribution in [0.15, 0.2) is 51.4 Å². The van der Waals surface area contributed by atoms with E-state index in [1.165, 1.54) is 0 Å². The van der Waals surface area contributed by atoms with E-state index in [0.29, 0.717) is 11.3 Å². The lowest BCUT2D eigenvalue weighted by atomic mass is 10.0. The van der Waals surface area contributed by atoms with Crippen LogP contribution in [0.3, 0.4) is 0 Å². The van der Waals surface area contributed by atoms with Gasteiger partial charge in [-0.05, 0) is 49.7 Å². The molecule has 0 aliphatic carbocycles. The molecule has 0 unspecified atom stereocenters. The van der Waals surface area contributed by atoms with Gasteiger partial charge in [0.25, 0.3) is 0 Å². The molecule has 100 valence electrons. The van der Waals surface area contributed by atoms with Crippen LogP contribution in [0.4, 0.5) is 0 Å². The summed E-state index contributed by atoms with van der Waals surface area (Å²) in [5, 5.41) is 0.924. The predicted molar refractivity (Wildman–Crippen MR) is 83.3 cm³/mol. The number of furan rings is 1. The number of hydrogen-bond donors (Lipinski definition) is 0. The number of rotatable bonds is 2. The van der Waals surface area contributed by atoms with E-state index in [-0.39, 0.29) is 5.78 Å². The molecule has 3 aromatic rings. The van der Waals surface area contributed by atoms with E-state index in [2.05, 4.69) is 15.9 Å². The Balaban J connectivity index is 2.10. The largest absolute Gasteiger partial charge is 0.453 e. The zero-order valence-electron chi connectivity index (χ0n) is 11.2. The van der Waals surface area contributed by atoms with Crippen molar-refractivity contribution in [3.8, 4) is 0 Å². The number of benzene rings is 2. The van der Waals surface area contributed by atoms with Gasteiger partial charge in [-0.1, -0.05) is 33.6 Å². The van der Waals surface area contributed by atoms with E-state index in [1.807, 2.05) is 50.2 Å². The quantitative estimate of drug-likeness (QED) is 0.616. The lowest BCUT2D eigenvalue weighted by Crippen LogP contribution is -2.02. The van der Waals surface area contributed by atoms with Crippen molar-refractivity contribution in [1.29, 1.82) is 0 Å². The molecule has 0 fully saturated rings. The van der Waals surface area contributed by atoms with Crippen molar-refractivity contribution in [2.24, 2.45) is 0 Å². The third-order valence-electron chi connectivity index (χ3n) is 3.34. The van der Waals surface area contributed by atoms with Gasteiger partial charge in [-0.2, -0.15) is 0 Å². The second kappa shape index (κ2) is 4.91. The zero-order chi connectivity index (χ0) is 14.3. The first kappa shape index (κ1) is 13.1. The minimum Gasteiger partial charge on any atom is -0.453 e. The average Bonchev–Trinajstić information content (AvgIpc) is 2.83. The smallest absolute Gasteiger partial charge is 0.228 e. The molecule has 20 heavy (non-hydrogen) atoms. The fraction of sp³-hybridized carbons (Fsp3) is 0.118. The highest BCUT2D eigenvalue weighted by Crippen LogP contribution is 2.25. The molecule has 0 saturated heterocycles. The highest BCUT2D eigenvalue weighted by Gasteiger charge is 2.16. The maximum atomic E-state index is 12.6. The van der Waals surface area contributed by atoms with Crippen LogP contribution in [-0.4, -0.2) is 5.78 Å². The summed E-state index contributed by atoms with van der Waals surface area (Å²) in [4.78, 5) is 12.6. The molecule has 2 nitrogen and oxygen atoms in total. The summed E-state index contributed by atoms with van der Waals surface area (Å²) >= 11 is 3.42. The lowest BCUT2D eigenvalue weighted by Gasteiger charge is -2.03. The average molecular weight is 329 g/mol. The second-order valence-electron chi connectivity index (χ2n) is 4.94. The van der Waals surface area contributed by atoms with E-state index in [9.17, 15) is 4.79 Å². The highest BCUT2D eigenvalue weighted by molar-refractivity contribution is 9.10. The van der Waals surface area contributed by atoms with E-state index < -0.39 is 0 Å². The number of hydrogen-bond acceptors (Lipinski definition) is 2. The lowest BCUT2D eigenvalue weighted by molar-refractivity contribution is 0.101. The van der Waals surface area contributed by atoms with Crippen LogP contribution in [-0.2, 0) is 0 Å². The van der Waals surface area contributed by atoms with E-state index in [4.69, 9.17) is 4.42 Å². The number of aryl methyl sites for hydroxylation is 2. The van der Waals surface area contributed by atoms with Crippen LogP contribution in [0.25, 0.3) is 11.0 Å². The minimum atomic E-state index is -0.0708. The predicted octanol–water partition coefficient (Wildman–Crippen LogP) is 5.04. The first-order chi connectivity index (χ1) is 9.54. The second-order valence-corrected chi connectivity index (χ2v) is 5.86. The monoisotopic (exact) mass is 328 g/mol. The molecule has 2 aromatic carbocycles. The van der Waals surface area contributed by atoms with Gasteiger partial charge in [-0.15, -0.1) is 0 Å². The Labute approximate surface area is 125 Å². The molecule has 0 spiro atoms. The fourth-order valence-electron chi connectivity index (χ4n) is 2.24. The molecule has 0 radical (unpaired) electrons. The van der Waals surface area contributed by atoms with Crippen molar-refractivity contribution in [2.45, 2.75) is 13.8 Å². The maximum Gasteiger partial charge on any atom is 0.228 e. The van der Waals surface area contributed by atoms with Gasteiger partial charge >= 0.3 is 0 Å². The Bertz CT molecular complexity index is 815. The number of carbonyl (C=O) groups excluding carboxylic acids is 1. The molecular weight excluding hydrogens is 316 g/mol. The van der Waals surface area contributed by atoms with Crippen molar-refractivity contribution < 1.29 is 9.21 Å². The first-order valence-corrected chi connectivity index (χ1v) is 7.15. The van der Waals surface area contributed by atoms with Crippen molar-refractivity contribution >= 4 is 32.7 Å². The Morgan fingerprint density at radius 2 is 1.85 bits per heavy atom. The molecule has 0 amide bonds. The van der Waals surface area contributed by atoms with Gasteiger partial charge in [0.2, 0.25) is 5.78 Å². The summed E-state index contributed by atoms with van der Waals surface area (Å²) in [6.45, 7) is 3.91. The summed E-state index contributed by atoms with van der Waals surface area (Å²) < 4.78 is 6.63. The third-order valence-corrected chi connectivity index (χ3v) is 3.83. The number of carbonyl (C=O) groups is 1. The van der Waals surface area contributed by atoms with Gasteiger partial charge < -0.3 is 4.42 Å². The molecule has 3 heteroatoms. The Hall–Kier alpha value is -1.87.